The highest BCUT2D eigenvalue weighted by Crippen LogP contribution is 2.20. The van der Waals surface area contributed by atoms with Gasteiger partial charge in [-0.3, -0.25) is 4.99 Å². The molecule has 0 aliphatic carbocycles. The number of hydrogen-bond acceptors (Lipinski definition) is 1. The third-order valence-electron chi connectivity index (χ3n) is 3.03. The van der Waals surface area contributed by atoms with Crippen molar-refractivity contribution >= 4 is 5.71 Å². The van der Waals surface area contributed by atoms with Crippen molar-refractivity contribution in [2.75, 3.05) is 0 Å². The second-order valence-corrected chi connectivity index (χ2v) is 4.09. The zero-order chi connectivity index (χ0) is 10.8. The van der Waals surface area contributed by atoms with Crippen LogP contribution in [0.2, 0.25) is 0 Å². The monoisotopic (exact) mass is 199 g/mol. The molecular weight excluding hydrogens is 182 g/mol. The summed E-state index contributed by atoms with van der Waals surface area (Å²) >= 11 is 0. The fourth-order valence-electron chi connectivity index (χ4n) is 1.91. The van der Waals surface area contributed by atoms with E-state index in [2.05, 4.69) is 56.1 Å². The molecule has 1 heterocycles. The number of nitrogens with zero attached hydrogens (tertiary/aromatic N) is 1. The van der Waals surface area contributed by atoms with E-state index in [1.165, 1.54) is 16.7 Å². The number of aryl methyl sites for hydroxylation is 1. The van der Waals surface area contributed by atoms with Crippen molar-refractivity contribution in [2.45, 2.75) is 33.2 Å². The molecule has 0 saturated heterocycles. The summed E-state index contributed by atoms with van der Waals surface area (Å²) in [6, 6.07) is 8.88. The van der Waals surface area contributed by atoms with Crippen LogP contribution in [0.25, 0.3) is 0 Å². The van der Waals surface area contributed by atoms with Gasteiger partial charge in [0.05, 0.1) is 11.8 Å². The minimum absolute atomic E-state index is 0.352. The SMILES string of the molecule is CCc1ccccc1C1=NC(C)C(C)=C1. The van der Waals surface area contributed by atoms with Crippen LogP contribution in [0.4, 0.5) is 0 Å². The predicted molar refractivity (Wildman–Crippen MR) is 65.6 cm³/mol. The van der Waals surface area contributed by atoms with E-state index in [0.717, 1.165) is 12.1 Å². The van der Waals surface area contributed by atoms with Crippen molar-refractivity contribution in [1.82, 2.24) is 0 Å². The maximum atomic E-state index is 4.67. The van der Waals surface area contributed by atoms with Crippen molar-refractivity contribution in [2.24, 2.45) is 4.99 Å². The Morgan fingerprint density at radius 2 is 2.00 bits per heavy atom. The number of aliphatic imine (C=N–C) groups is 1. The van der Waals surface area contributed by atoms with E-state index in [9.17, 15) is 0 Å². The van der Waals surface area contributed by atoms with Crippen LogP contribution >= 0.6 is 0 Å². The van der Waals surface area contributed by atoms with E-state index in [1.807, 2.05) is 0 Å². The summed E-state index contributed by atoms with van der Waals surface area (Å²) < 4.78 is 0. The van der Waals surface area contributed by atoms with Gasteiger partial charge in [-0.15, -0.1) is 0 Å². The third-order valence-corrected chi connectivity index (χ3v) is 3.03. The van der Waals surface area contributed by atoms with Crippen LogP contribution in [0.15, 0.2) is 40.9 Å². The fourth-order valence-corrected chi connectivity index (χ4v) is 1.91. The lowest BCUT2D eigenvalue weighted by molar-refractivity contribution is 0.884. The summed E-state index contributed by atoms with van der Waals surface area (Å²) in [6.07, 6.45) is 3.27. The molecule has 0 radical (unpaired) electrons. The van der Waals surface area contributed by atoms with Gasteiger partial charge in [0.15, 0.2) is 0 Å². The molecule has 0 saturated carbocycles. The highest BCUT2D eigenvalue weighted by atomic mass is 14.8. The van der Waals surface area contributed by atoms with E-state index in [1.54, 1.807) is 0 Å². The number of allylic oxidation sites excluding steroid dienone is 1. The Morgan fingerprint density at radius 1 is 1.27 bits per heavy atom. The van der Waals surface area contributed by atoms with Gasteiger partial charge in [0.25, 0.3) is 0 Å². The zero-order valence-electron chi connectivity index (χ0n) is 9.62. The highest BCUT2D eigenvalue weighted by molar-refractivity contribution is 6.11. The molecule has 0 amide bonds. The molecule has 0 N–H and O–H groups in total. The van der Waals surface area contributed by atoms with Crippen LogP contribution in [-0.4, -0.2) is 11.8 Å². The lowest BCUT2D eigenvalue weighted by Gasteiger charge is -2.05. The van der Waals surface area contributed by atoms with Crippen molar-refractivity contribution in [3.63, 3.8) is 0 Å². The molecule has 0 spiro atoms. The van der Waals surface area contributed by atoms with E-state index >= 15 is 0 Å². The summed E-state index contributed by atoms with van der Waals surface area (Å²) in [7, 11) is 0. The van der Waals surface area contributed by atoms with Crippen molar-refractivity contribution in [3.8, 4) is 0 Å². The Bertz CT molecular complexity index is 427. The van der Waals surface area contributed by atoms with Gasteiger partial charge in [-0.1, -0.05) is 31.2 Å². The first-order chi connectivity index (χ1) is 7.22. The second kappa shape index (κ2) is 4.01. The van der Waals surface area contributed by atoms with Gasteiger partial charge in [0, 0.05) is 5.56 Å². The summed E-state index contributed by atoms with van der Waals surface area (Å²) in [5.41, 5.74) is 5.19. The van der Waals surface area contributed by atoms with Crippen molar-refractivity contribution in [1.29, 1.82) is 0 Å². The van der Waals surface area contributed by atoms with Crippen LogP contribution in [-0.2, 0) is 6.42 Å². The maximum Gasteiger partial charge on any atom is 0.0689 e. The van der Waals surface area contributed by atoms with Crippen molar-refractivity contribution < 1.29 is 0 Å². The fraction of sp³-hybridized carbons (Fsp3) is 0.357. The normalized spacial score (nSPS) is 20.1. The Balaban J connectivity index is 2.43. The Kier molecular flexibility index (Phi) is 2.72. The third kappa shape index (κ3) is 1.87. The molecule has 0 fully saturated rings. The van der Waals surface area contributed by atoms with Crippen LogP contribution in [0.3, 0.4) is 0 Å². The van der Waals surface area contributed by atoms with Gasteiger partial charge in [0.1, 0.15) is 0 Å². The van der Waals surface area contributed by atoms with Gasteiger partial charge < -0.3 is 0 Å². The van der Waals surface area contributed by atoms with Gasteiger partial charge >= 0.3 is 0 Å². The lowest BCUT2D eigenvalue weighted by Crippen LogP contribution is -2.00. The molecule has 0 aromatic heterocycles. The molecule has 1 aliphatic heterocycles. The van der Waals surface area contributed by atoms with Crippen LogP contribution < -0.4 is 0 Å². The number of rotatable bonds is 2. The quantitative estimate of drug-likeness (QED) is 0.692. The molecule has 15 heavy (non-hydrogen) atoms. The summed E-state index contributed by atoms with van der Waals surface area (Å²) in [4.78, 5) is 4.67. The first-order valence-corrected chi connectivity index (χ1v) is 5.56. The molecule has 1 nitrogen and oxygen atoms in total. The van der Waals surface area contributed by atoms with Crippen molar-refractivity contribution in [3.05, 3.63) is 47.0 Å². The average Bonchev–Trinajstić information content (AvgIpc) is 2.59. The molecule has 1 heteroatoms. The Hall–Kier alpha value is -1.37. The summed E-state index contributed by atoms with van der Waals surface area (Å²) in [5.74, 6) is 0. The predicted octanol–water partition coefficient (Wildman–Crippen LogP) is 3.39. The standard InChI is InChI=1S/C14H17N/c1-4-12-7-5-6-8-13(12)14-9-10(2)11(3)15-14/h5-9,11H,4H2,1-3H3. The summed E-state index contributed by atoms with van der Waals surface area (Å²) in [5, 5.41) is 0. The van der Waals surface area contributed by atoms with E-state index in [-0.39, 0.29) is 0 Å². The van der Waals surface area contributed by atoms with Gasteiger partial charge in [-0.2, -0.15) is 0 Å². The number of benzene rings is 1. The second-order valence-electron chi connectivity index (χ2n) is 4.09. The van der Waals surface area contributed by atoms with E-state index in [0.29, 0.717) is 6.04 Å². The molecular formula is C14H17N. The molecule has 78 valence electrons. The zero-order valence-corrected chi connectivity index (χ0v) is 9.62. The van der Waals surface area contributed by atoms with Crippen LogP contribution in [0.5, 0.6) is 0 Å². The number of hydrogen-bond donors (Lipinski definition) is 0. The Morgan fingerprint density at radius 3 is 2.60 bits per heavy atom. The minimum atomic E-state index is 0.352. The topological polar surface area (TPSA) is 12.4 Å². The largest absolute Gasteiger partial charge is 0.277 e. The average molecular weight is 199 g/mol. The van der Waals surface area contributed by atoms with Gasteiger partial charge in [-0.05, 0) is 37.5 Å². The highest BCUT2D eigenvalue weighted by Gasteiger charge is 2.15. The molecule has 1 aromatic rings. The maximum absolute atomic E-state index is 4.67. The van der Waals surface area contributed by atoms with Gasteiger partial charge in [-0.25, -0.2) is 0 Å². The molecule has 1 aromatic carbocycles. The molecule has 2 rings (SSSR count). The molecule has 1 aliphatic rings. The smallest absolute Gasteiger partial charge is 0.0689 e. The first-order valence-electron chi connectivity index (χ1n) is 5.56. The lowest BCUT2D eigenvalue weighted by atomic mass is 10.0. The van der Waals surface area contributed by atoms with Gasteiger partial charge in [0.2, 0.25) is 0 Å². The summed E-state index contributed by atoms with van der Waals surface area (Å²) in [6.45, 7) is 6.48. The molecule has 1 atom stereocenters. The minimum Gasteiger partial charge on any atom is -0.277 e. The first kappa shape index (κ1) is 10.2. The van der Waals surface area contributed by atoms with E-state index in [4.69, 9.17) is 0 Å². The molecule has 0 bridgehead atoms. The molecule has 1 unspecified atom stereocenters. The van der Waals surface area contributed by atoms with Crippen LogP contribution in [0, 0.1) is 0 Å². The van der Waals surface area contributed by atoms with E-state index < -0.39 is 0 Å². The van der Waals surface area contributed by atoms with Crippen LogP contribution in [0.1, 0.15) is 31.9 Å². The Labute approximate surface area is 91.6 Å².